The summed E-state index contributed by atoms with van der Waals surface area (Å²) >= 11 is 0. The van der Waals surface area contributed by atoms with Crippen molar-refractivity contribution >= 4 is 21.4 Å². The average molecular weight is 348 g/mol. The predicted octanol–water partition coefficient (Wildman–Crippen LogP) is 2.59. The summed E-state index contributed by atoms with van der Waals surface area (Å²) in [6.45, 7) is 3.34. The molecular formula is C14H15F3N2O3S. The average Bonchev–Trinajstić information content (AvgIpc) is 2.34. The largest absolute Gasteiger partial charge is 0.417 e. The summed E-state index contributed by atoms with van der Waals surface area (Å²) in [6.07, 6.45) is -4.75. The number of hydrogen-bond donors (Lipinski definition) is 1. The molecule has 0 bridgehead atoms. The monoisotopic (exact) mass is 348 g/mol. The van der Waals surface area contributed by atoms with Crippen molar-refractivity contribution in [1.29, 1.82) is 5.26 Å². The maximum Gasteiger partial charge on any atom is 0.417 e. The molecule has 1 amide bonds. The van der Waals surface area contributed by atoms with Gasteiger partial charge in [-0.2, -0.15) is 18.4 Å². The van der Waals surface area contributed by atoms with Crippen LogP contribution in [0.5, 0.6) is 0 Å². The maximum atomic E-state index is 12.8. The minimum Gasteiger partial charge on any atom is -0.325 e. The first-order valence-corrected chi connectivity index (χ1v) is 8.38. The lowest BCUT2D eigenvalue weighted by atomic mass is 10.1. The van der Waals surface area contributed by atoms with Crippen LogP contribution in [0.25, 0.3) is 0 Å². The standard InChI is InChI=1S/C14H15F3N2O3S/c1-9(2)7-23(21,22)8-13(20)19-11-4-3-10(6-18)12(5-11)14(15,16)17/h3-5,9H,7-8H2,1-2H3,(H,19,20). The molecule has 0 saturated heterocycles. The molecule has 0 fully saturated rings. The van der Waals surface area contributed by atoms with Crippen LogP contribution >= 0.6 is 0 Å². The summed E-state index contributed by atoms with van der Waals surface area (Å²) in [5.74, 6) is -2.10. The van der Waals surface area contributed by atoms with Crippen molar-refractivity contribution in [3.8, 4) is 6.07 Å². The Labute approximate surface area is 132 Å². The zero-order chi connectivity index (χ0) is 17.8. The molecule has 0 unspecified atom stereocenters. The first-order valence-electron chi connectivity index (χ1n) is 6.56. The number of nitriles is 1. The number of amides is 1. The number of hydrogen-bond acceptors (Lipinski definition) is 4. The van der Waals surface area contributed by atoms with E-state index in [2.05, 4.69) is 5.32 Å². The van der Waals surface area contributed by atoms with Gasteiger partial charge < -0.3 is 5.32 Å². The van der Waals surface area contributed by atoms with Crippen molar-refractivity contribution < 1.29 is 26.4 Å². The van der Waals surface area contributed by atoms with Gasteiger partial charge in [-0.05, 0) is 24.1 Å². The number of benzene rings is 1. The van der Waals surface area contributed by atoms with Crippen LogP contribution in [-0.4, -0.2) is 25.8 Å². The molecule has 5 nitrogen and oxygen atoms in total. The second-order valence-electron chi connectivity index (χ2n) is 5.37. The molecular weight excluding hydrogens is 333 g/mol. The summed E-state index contributed by atoms with van der Waals surface area (Å²) in [5.41, 5.74) is -1.99. The van der Waals surface area contributed by atoms with E-state index in [-0.39, 0.29) is 17.4 Å². The quantitative estimate of drug-likeness (QED) is 0.886. The lowest BCUT2D eigenvalue weighted by Crippen LogP contribution is -2.26. The maximum absolute atomic E-state index is 12.8. The van der Waals surface area contributed by atoms with Gasteiger partial charge in [0.2, 0.25) is 5.91 Å². The molecule has 0 aliphatic carbocycles. The minimum absolute atomic E-state index is 0.167. The molecule has 1 rings (SSSR count). The molecule has 1 N–H and O–H groups in total. The molecule has 0 saturated carbocycles. The number of nitrogens with one attached hydrogen (secondary N) is 1. The number of halogens is 3. The van der Waals surface area contributed by atoms with Gasteiger partial charge in [-0.3, -0.25) is 4.79 Å². The van der Waals surface area contributed by atoms with Crippen LogP contribution in [0, 0.1) is 17.2 Å². The lowest BCUT2D eigenvalue weighted by Gasteiger charge is -2.12. The fourth-order valence-corrected chi connectivity index (χ4v) is 3.52. The number of sulfone groups is 1. The van der Waals surface area contributed by atoms with Gasteiger partial charge in [0.05, 0.1) is 22.9 Å². The summed E-state index contributed by atoms with van der Waals surface area (Å²) < 4.78 is 61.8. The summed E-state index contributed by atoms with van der Waals surface area (Å²) in [4.78, 5) is 11.7. The van der Waals surface area contributed by atoms with Gasteiger partial charge in [-0.15, -0.1) is 0 Å². The molecule has 0 spiro atoms. The second kappa shape index (κ2) is 7.00. The Kier molecular flexibility index (Phi) is 5.77. The number of carbonyl (C=O) groups is 1. The molecule has 0 heterocycles. The first-order chi connectivity index (χ1) is 10.4. The van der Waals surface area contributed by atoms with Crippen LogP contribution in [0.4, 0.5) is 18.9 Å². The third-order valence-corrected chi connectivity index (χ3v) is 4.54. The number of anilines is 1. The Morgan fingerprint density at radius 1 is 1.35 bits per heavy atom. The molecule has 1 aromatic rings. The van der Waals surface area contributed by atoms with Gasteiger partial charge in [0.1, 0.15) is 5.75 Å². The van der Waals surface area contributed by atoms with Crippen molar-refractivity contribution in [2.24, 2.45) is 5.92 Å². The van der Waals surface area contributed by atoms with E-state index < -0.39 is 38.8 Å². The Morgan fingerprint density at radius 3 is 2.43 bits per heavy atom. The normalized spacial score (nSPS) is 12.0. The van der Waals surface area contributed by atoms with Crippen LogP contribution in [0.15, 0.2) is 18.2 Å². The predicted molar refractivity (Wildman–Crippen MR) is 78.3 cm³/mol. The van der Waals surface area contributed by atoms with Crippen LogP contribution in [-0.2, 0) is 20.8 Å². The third-order valence-electron chi connectivity index (χ3n) is 2.67. The first kappa shape index (κ1) is 19.0. The third kappa shape index (κ3) is 5.90. The van der Waals surface area contributed by atoms with Crippen molar-refractivity contribution in [1.82, 2.24) is 0 Å². The molecule has 0 radical (unpaired) electrons. The number of alkyl halides is 3. The highest BCUT2D eigenvalue weighted by Gasteiger charge is 2.34. The minimum atomic E-state index is -4.75. The summed E-state index contributed by atoms with van der Waals surface area (Å²) in [5, 5.41) is 10.8. The van der Waals surface area contributed by atoms with E-state index in [1.165, 1.54) is 6.07 Å². The Hall–Kier alpha value is -2.08. The molecule has 0 aromatic heterocycles. The van der Waals surface area contributed by atoms with E-state index in [4.69, 9.17) is 5.26 Å². The zero-order valence-corrected chi connectivity index (χ0v) is 13.3. The van der Waals surface area contributed by atoms with Gasteiger partial charge in [0.15, 0.2) is 9.84 Å². The van der Waals surface area contributed by atoms with Gasteiger partial charge >= 0.3 is 6.18 Å². The topological polar surface area (TPSA) is 87.0 Å². The molecule has 0 aliphatic heterocycles. The molecule has 1 aromatic carbocycles. The van der Waals surface area contributed by atoms with Crippen LogP contribution < -0.4 is 5.32 Å². The van der Waals surface area contributed by atoms with E-state index in [9.17, 15) is 26.4 Å². The van der Waals surface area contributed by atoms with E-state index in [1.54, 1.807) is 13.8 Å². The van der Waals surface area contributed by atoms with E-state index in [0.29, 0.717) is 6.07 Å². The summed E-state index contributed by atoms with van der Waals surface area (Å²) in [6, 6.07) is 4.05. The van der Waals surface area contributed by atoms with E-state index in [0.717, 1.165) is 12.1 Å². The Morgan fingerprint density at radius 2 is 1.96 bits per heavy atom. The second-order valence-corrected chi connectivity index (χ2v) is 7.48. The number of rotatable bonds is 5. The van der Waals surface area contributed by atoms with E-state index >= 15 is 0 Å². The molecule has 23 heavy (non-hydrogen) atoms. The Balaban J connectivity index is 2.94. The fourth-order valence-electron chi connectivity index (χ4n) is 1.92. The SMILES string of the molecule is CC(C)CS(=O)(=O)CC(=O)Nc1ccc(C#N)c(C(F)(F)F)c1. The lowest BCUT2D eigenvalue weighted by molar-refractivity contribution is -0.137. The number of nitrogens with zero attached hydrogens (tertiary/aromatic N) is 1. The van der Waals surface area contributed by atoms with Crippen molar-refractivity contribution in [2.45, 2.75) is 20.0 Å². The van der Waals surface area contributed by atoms with Gasteiger partial charge in [-0.25, -0.2) is 8.42 Å². The number of carbonyl (C=O) groups excluding carboxylic acids is 1. The molecule has 0 aliphatic rings. The van der Waals surface area contributed by atoms with Crippen molar-refractivity contribution in [2.75, 3.05) is 16.8 Å². The van der Waals surface area contributed by atoms with Gasteiger partial charge in [-0.1, -0.05) is 13.8 Å². The summed E-state index contributed by atoms with van der Waals surface area (Å²) in [7, 11) is -3.64. The van der Waals surface area contributed by atoms with Crippen LogP contribution in [0.3, 0.4) is 0 Å². The van der Waals surface area contributed by atoms with Crippen molar-refractivity contribution in [3.63, 3.8) is 0 Å². The van der Waals surface area contributed by atoms with Crippen molar-refractivity contribution in [3.05, 3.63) is 29.3 Å². The molecule has 9 heteroatoms. The van der Waals surface area contributed by atoms with Crippen LogP contribution in [0.2, 0.25) is 0 Å². The highest BCUT2D eigenvalue weighted by atomic mass is 32.2. The highest BCUT2D eigenvalue weighted by Crippen LogP contribution is 2.33. The molecule has 126 valence electrons. The Bertz CT molecular complexity index is 735. The zero-order valence-electron chi connectivity index (χ0n) is 12.4. The smallest absolute Gasteiger partial charge is 0.325 e. The van der Waals surface area contributed by atoms with Gasteiger partial charge in [0, 0.05) is 5.69 Å². The van der Waals surface area contributed by atoms with Gasteiger partial charge in [0.25, 0.3) is 0 Å². The van der Waals surface area contributed by atoms with Crippen LogP contribution in [0.1, 0.15) is 25.0 Å². The molecule has 0 atom stereocenters. The van der Waals surface area contributed by atoms with E-state index in [1.807, 2.05) is 0 Å². The highest BCUT2D eigenvalue weighted by molar-refractivity contribution is 7.92. The fraction of sp³-hybridized carbons (Fsp3) is 0.429.